The molecule has 0 aliphatic carbocycles. The van der Waals surface area contributed by atoms with Crippen molar-refractivity contribution in [1.82, 2.24) is 9.88 Å². The van der Waals surface area contributed by atoms with E-state index < -0.39 is 5.97 Å². The van der Waals surface area contributed by atoms with Crippen molar-refractivity contribution in [1.29, 1.82) is 0 Å². The SMILES string of the molecule is C[C@@H]1CCC[C@H](C)N1C(=O)c1ccncc1C(=O)O. The first-order chi connectivity index (χ1) is 9.02. The van der Waals surface area contributed by atoms with E-state index in [1.165, 1.54) is 18.5 Å². The van der Waals surface area contributed by atoms with Crippen LogP contribution in [0.15, 0.2) is 18.5 Å². The van der Waals surface area contributed by atoms with Gasteiger partial charge in [-0.2, -0.15) is 0 Å². The van der Waals surface area contributed by atoms with E-state index in [0.29, 0.717) is 0 Å². The number of nitrogens with zero attached hydrogens (tertiary/aromatic N) is 2. The van der Waals surface area contributed by atoms with Crippen molar-refractivity contribution in [2.45, 2.75) is 45.2 Å². The third kappa shape index (κ3) is 2.59. The molecule has 5 heteroatoms. The fraction of sp³-hybridized carbons (Fsp3) is 0.500. The molecule has 0 saturated carbocycles. The highest BCUT2D eigenvalue weighted by molar-refractivity contribution is 6.04. The molecular weight excluding hydrogens is 244 g/mol. The van der Waals surface area contributed by atoms with Crippen LogP contribution in [0.5, 0.6) is 0 Å². The molecule has 19 heavy (non-hydrogen) atoms. The molecule has 5 nitrogen and oxygen atoms in total. The fourth-order valence-corrected chi connectivity index (χ4v) is 2.71. The molecule has 1 saturated heterocycles. The Bertz CT molecular complexity index is 491. The number of carbonyl (C=O) groups excluding carboxylic acids is 1. The summed E-state index contributed by atoms with van der Waals surface area (Å²) in [5, 5.41) is 9.13. The van der Waals surface area contributed by atoms with Crippen molar-refractivity contribution in [3.63, 3.8) is 0 Å². The molecule has 0 unspecified atom stereocenters. The zero-order chi connectivity index (χ0) is 14.0. The van der Waals surface area contributed by atoms with Crippen molar-refractivity contribution >= 4 is 11.9 Å². The molecule has 0 spiro atoms. The minimum atomic E-state index is -1.12. The smallest absolute Gasteiger partial charge is 0.338 e. The fourth-order valence-electron chi connectivity index (χ4n) is 2.71. The number of piperidine rings is 1. The van der Waals surface area contributed by atoms with E-state index in [1.807, 2.05) is 13.8 Å². The average Bonchev–Trinajstić information content (AvgIpc) is 2.38. The number of hydrogen-bond acceptors (Lipinski definition) is 3. The molecular formula is C14H18N2O3. The van der Waals surface area contributed by atoms with Crippen LogP contribution in [0.4, 0.5) is 0 Å². The Morgan fingerprint density at radius 3 is 2.47 bits per heavy atom. The summed E-state index contributed by atoms with van der Waals surface area (Å²) < 4.78 is 0. The third-order valence-corrected chi connectivity index (χ3v) is 3.71. The molecule has 1 N–H and O–H groups in total. The Labute approximate surface area is 112 Å². The van der Waals surface area contributed by atoms with Gasteiger partial charge in [0.1, 0.15) is 0 Å². The number of rotatable bonds is 2. The van der Waals surface area contributed by atoms with Crippen molar-refractivity contribution in [3.05, 3.63) is 29.6 Å². The number of carbonyl (C=O) groups is 2. The largest absolute Gasteiger partial charge is 0.478 e. The number of aromatic carboxylic acids is 1. The molecule has 0 aromatic carbocycles. The quantitative estimate of drug-likeness (QED) is 0.886. The van der Waals surface area contributed by atoms with Gasteiger partial charge in [0.25, 0.3) is 5.91 Å². The molecule has 102 valence electrons. The molecule has 2 heterocycles. The Morgan fingerprint density at radius 2 is 1.89 bits per heavy atom. The summed E-state index contributed by atoms with van der Waals surface area (Å²) in [6, 6.07) is 1.77. The summed E-state index contributed by atoms with van der Waals surface area (Å²) >= 11 is 0. The van der Waals surface area contributed by atoms with Crippen molar-refractivity contribution in [2.75, 3.05) is 0 Å². The molecule has 0 radical (unpaired) electrons. The molecule has 1 aliphatic rings. The van der Waals surface area contributed by atoms with E-state index in [2.05, 4.69) is 4.98 Å². The minimum absolute atomic E-state index is 0.0301. The van der Waals surface area contributed by atoms with Gasteiger partial charge in [0.15, 0.2) is 0 Å². The summed E-state index contributed by atoms with van der Waals surface area (Å²) in [7, 11) is 0. The molecule has 1 aromatic heterocycles. The molecule has 1 aromatic rings. The maximum atomic E-state index is 12.6. The number of hydrogen-bond donors (Lipinski definition) is 1. The molecule has 2 atom stereocenters. The van der Waals surface area contributed by atoms with E-state index in [-0.39, 0.29) is 29.1 Å². The summed E-state index contributed by atoms with van der Waals surface area (Å²) in [4.78, 5) is 29.3. The molecule has 0 bridgehead atoms. The highest BCUT2D eigenvalue weighted by atomic mass is 16.4. The van der Waals surface area contributed by atoms with Gasteiger partial charge < -0.3 is 10.0 Å². The average molecular weight is 262 g/mol. The number of aromatic nitrogens is 1. The number of amides is 1. The first-order valence-electron chi connectivity index (χ1n) is 6.52. The molecule has 1 amide bonds. The van der Waals surface area contributed by atoms with Crippen molar-refractivity contribution < 1.29 is 14.7 Å². The van der Waals surface area contributed by atoms with E-state index in [9.17, 15) is 9.59 Å². The lowest BCUT2D eigenvalue weighted by Gasteiger charge is -2.39. The lowest BCUT2D eigenvalue weighted by atomic mass is 9.96. The van der Waals surface area contributed by atoms with Gasteiger partial charge in [-0.3, -0.25) is 9.78 Å². The van der Waals surface area contributed by atoms with Gasteiger partial charge in [0.2, 0.25) is 0 Å². The van der Waals surface area contributed by atoms with Crippen LogP contribution in [0.1, 0.15) is 53.8 Å². The van der Waals surface area contributed by atoms with E-state index in [4.69, 9.17) is 5.11 Å². The van der Waals surface area contributed by atoms with Crippen LogP contribution in [-0.2, 0) is 0 Å². The Morgan fingerprint density at radius 1 is 1.26 bits per heavy atom. The van der Waals surface area contributed by atoms with Crippen molar-refractivity contribution in [3.8, 4) is 0 Å². The standard InChI is InChI=1S/C14H18N2O3/c1-9-4-3-5-10(2)16(9)13(17)11-6-7-15-8-12(11)14(18)19/h6-10H,3-5H2,1-2H3,(H,18,19)/t9-,10+. The topological polar surface area (TPSA) is 70.5 Å². The van der Waals surface area contributed by atoms with E-state index >= 15 is 0 Å². The second kappa shape index (κ2) is 5.38. The zero-order valence-corrected chi connectivity index (χ0v) is 11.2. The summed E-state index contributed by atoms with van der Waals surface area (Å²) in [6.07, 6.45) is 5.72. The van der Waals surface area contributed by atoms with Gasteiger partial charge in [0.05, 0.1) is 11.1 Å². The Hall–Kier alpha value is -1.91. The summed E-state index contributed by atoms with van der Waals surface area (Å²) in [6.45, 7) is 4.02. The van der Waals surface area contributed by atoms with Gasteiger partial charge in [-0.05, 0) is 39.2 Å². The van der Waals surface area contributed by atoms with E-state index in [1.54, 1.807) is 4.90 Å². The maximum Gasteiger partial charge on any atom is 0.338 e. The monoisotopic (exact) mass is 262 g/mol. The molecule has 2 rings (SSSR count). The highest BCUT2D eigenvalue weighted by Gasteiger charge is 2.31. The van der Waals surface area contributed by atoms with Crippen LogP contribution in [-0.4, -0.2) is 39.0 Å². The maximum absolute atomic E-state index is 12.6. The van der Waals surface area contributed by atoms with E-state index in [0.717, 1.165) is 19.3 Å². The molecule has 1 aliphatic heterocycles. The predicted molar refractivity (Wildman–Crippen MR) is 70.1 cm³/mol. The number of carboxylic acids is 1. The summed E-state index contributed by atoms with van der Waals surface area (Å²) in [5.74, 6) is -1.33. The van der Waals surface area contributed by atoms with Gasteiger partial charge in [0, 0.05) is 24.5 Å². The van der Waals surface area contributed by atoms with Gasteiger partial charge in [-0.25, -0.2) is 4.79 Å². The second-order valence-electron chi connectivity index (χ2n) is 5.07. The van der Waals surface area contributed by atoms with Crippen LogP contribution in [0, 0.1) is 0 Å². The number of likely N-dealkylation sites (tertiary alicyclic amines) is 1. The lowest BCUT2D eigenvalue weighted by molar-refractivity contribution is 0.0501. The number of pyridine rings is 1. The third-order valence-electron chi connectivity index (χ3n) is 3.71. The van der Waals surface area contributed by atoms with Crippen LogP contribution in [0.25, 0.3) is 0 Å². The van der Waals surface area contributed by atoms with Crippen molar-refractivity contribution in [2.24, 2.45) is 0 Å². The normalized spacial score (nSPS) is 23.2. The van der Waals surface area contributed by atoms with Gasteiger partial charge >= 0.3 is 5.97 Å². The first-order valence-corrected chi connectivity index (χ1v) is 6.52. The second-order valence-corrected chi connectivity index (χ2v) is 5.07. The molecule has 1 fully saturated rings. The van der Waals surface area contributed by atoms with Gasteiger partial charge in [-0.15, -0.1) is 0 Å². The predicted octanol–water partition coefficient (Wildman–Crippen LogP) is 2.18. The zero-order valence-electron chi connectivity index (χ0n) is 11.2. The lowest BCUT2D eigenvalue weighted by Crippen LogP contribution is -2.47. The minimum Gasteiger partial charge on any atom is -0.478 e. The number of carboxylic acid groups (broad SMARTS) is 1. The van der Waals surface area contributed by atoms with Crippen LogP contribution < -0.4 is 0 Å². The Kier molecular flexibility index (Phi) is 3.83. The Balaban J connectivity index is 2.36. The highest BCUT2D eigenvalue weighted by Crippen LogP contribution is 2.25. The van der Waals surface area contributed by atoms with Crippen LogP contribution in [0.3, 0.4) is 0 Å². The van der Waals surface area contributed by atoms with Gasteiger partial charge in [-0.1, -0.05) is 0 Å². The summed E-state index contributed by atoms with van der Waals surface area (Å²) in [5.41, 5.74) is 0.195. The first kappa shape index (κ1) is 13.5. The van der Waals surface area contributed by atoms with Crippen LogP contribution in [0.2, 0.25) is 0 Å². The van der Waals surface area contributed by atoms with Crippen LogP contribution >= 0.6 is 0 Å².